The van der Waals surface area contributed by atoms with Gasteiger partial charge in [-0.3, -0.25) is 4.79 Å². The van der Waals surface area contributed by atoms with Gasteiger partial charge >= 0.3 is 6.03 Å². The molecule has 0 bridgehead atoms. The highest BCUT2D eigenvalue weighted by Gasteiger charge is 2.15. The van der Waals surface area contributed by atoms with E-state index in [4.69, 9.17) is 11.2 Å². The molecule has 0 aromatic heterocycles. The molecular formula is C23H27N3O3. The van der Waals surface area contributed by atoms with E-state index in [0.717, 1.165) is 5.56 Å². The lowest BCUT2D eigenvalue weighted by Crippen LogP contribution is -2.40. The lowest BCUT2D eigenvalue weighted by atomic mass is 10.1. The van der Waals surface area contributed by atoms with Crippen molar-refractivity contribution in [1.29, 1.82) is 0 Å². The van der Waals surface area contributed by atoms with E-state index in [9.17, 15) is 9.59 Å². The van der Waals surface area contributed by atoms with Gasteiger partial charge in [0.05, 0.1) is 0 Å². The zero-order valence-electron chi connectivity index (χ0n) is 17.0. The van der Waals surface area contributed by atoms with Crippen LogP contribution in [0.5, 0.6) is 5.75 Å². The summed E-state index contributed by atoms with van der Waals surface area (Å²) in [4.78, 5) is 24.4. The summed E-state index contributed by atoms with van der Waals surface area (Å²) in [5.74, 6) is 2.95. The second-order valence-corrected chi connectivity index (χ2v) is 7.55. The molecule has 0 aliphatic carbocycles. The van der Waals surface area contributed by atoms with Crippen LogP contribution in [0.2, 0.25) is 0 Å². The molecule has 0 atom stereocenters. The molecule has 2 aromatic carbocycles. The van der Waals surface area contributed by atoms with Gasteiger partial charge < -0.3 is 20.7 Å². The first-order chi connectivity index (χ1) is 13.8. The van der Waals surface area contributed by atoms with E-state index >= 15 is 0 Å². The summed E-state index contributed by atoms with van der Waals surface area (Å²) in [6.45, 7) is 6.45. The third-order valence-electron chi connectivity index (χ3n) is 3.82. The van der Waals surface area contributed by atoms with Crippen LogP contribution in [0.25, 0.3) is 0 Å². The predicted octanol–water partition coefficient (Wildman–Crippen LogP) is 3.59. The zero-order chi connectivity index (χ0) is 21.3. The Hall–Kier alpha value is -3.46. The molecule has 3 amide bonds. The molecule has 0 fully saturated rings. The molecule has 0 radical (unpaired) electrons. The Bertz CT molecular complexity index is 877. The lowest BCUT2D eigenvalue weighted by molar-refractivity contribution is 0.0919. The molecule has 152 valence electrons. The Kier molecular flexibility index (Phi) is 7.67. The van der Waals surface area contributed by atoms with Crippen molar-refractivity contribution in [3.8, 4) is 18.1 Å². The van der Waals surface area contributed by atoms with Gasteiger partial charge in [0.1, 0.15) is 12.4 Å². The van der Waals surface area contributed by atoms with Gasteiger partial charge in [-0.05, 0) is 63.1 Å². The van der Waals surface area contributed by atoms with Crippen molar-refractivity contribution in [2.45, 2.75) is 32.7 Å². The predicted molar refractivity (Wildman–Crippen MR) is 115 cm³/mol. The van der Waals surface area contributed by atoms with Crippen LogP contribution >= 0.6 is 0 Å². The lowest BCUT2D eigenvalue weighted by Gasteiger charge is -2.20. The van der Waals surface area contributed by atoms with E-state index in [-0.39, 0.29) is 24.1 Å². The summed E-state index contributed by atoms with van der Waals surface area (Å²) >= 11 is 0. The molecular weight excluding hydrogens is 366 g/mol. The molecule has 0 spiro atoms. The quantitative estimate of drug-likeness (QED) is 0.629. The van der Waals surface area contributed by atoms with Gasteiger partial charge in [-0.2, -0.15) is 0 Å². The average Bonchev–Trinajstić information content (AvgIpc) is 2.66. The van der Waals surface area contributed by atoms with Crippen molar-refractivity contribution in [2.24, 2.45) is 0 Å². The molecule has 0 aliphatic rings. The Morgan fingerprint density at radius 3 is 2.48 bits per heavy atom. The highest BCUT2D eigenvalue weighted by Crippen LogP contribution is 2.13. The number of carbonyl (C=O) groups excluding carboxylic acids is 2. The largest absolute Gasteiger partial charge is 0.481 e. The van der Waals surface area contributed by atoms with E-state index in [1.165, 1.54) is 0 Å². The number of anilines is 1. The summed E-state index contributed by atoms with van der Waals surface area (Å²) in [6.07, 6.45) is 5.84. The van der Waals surface area contributed by atoms with Crippen LogP contribution in [-0.4, -0.2) is 30.6 Å². The Morgan fingerprint density at radius 2 is 1.83 bits per heavy atom. The molecule has 2 aromatic rings. The van der Waals surface area contributed by atoms with Crippen LogP contribution in [0.15, 0.2) is 48.5 Å². The molecule has 0 saturated heterocycles. The van der Waals surface area contributed by atoms with Crippen molar-refractivity contribution in [3.63, 3.8) is 0 Å². The average molecular weight is 393 g/mol. The normalized spacial score (nSPS) is 10.6. The molecule has 29 heavy (non-hydrogen) atoms. The van der Waals surface area contributed by atoms with E-state index in [1.807, 2.05) is 45.0 Å². The second-order valence-electron chi connectivity index (χ2n) is 7.55. The first kappa shape index (κ1) is 21.8. The van der Waals surface area contributed by atoms with Crippen LogP contribution in [0.3, 0.4) is 0 Å². The number of carbonyl (C=O) groups is 2. The van der Waals surface area contributed by atoms with Crippen molar-refractivity contribution < 1.29 is 14.3 Å². The molecule has 6 nitrogen and oxygen atoms in total. The molecule has 3 N–H and O–H groups in total. The maximum Gasteiger partial charge on any atom is 0.319 e. The zero-order valence-corrected chi connectivity index (χ0v) is 17.0. The van der Waals surface area contributed by atoms with Gasteiger partial charge in [-0.15, -0.1) is 6.42 Å². The summed E-state index contributed by atoms with van der Waals surface area (Å²) < 4.78 is 5.33. The fraction of sp³-hybridized carbons (Fsp3) is 0.304. The van der Waals surface area contributed by atoms with Crippen molar-refractivity contribution in [3.05, 3.63) is 59.7 Å². The minimum absolute atomic E-state index is 0.184. The summed E-state index contributed by atoms with van der Waals surface area (Å²) in [5.41, 5.74) is 1.78. The van der Waals surface area contributed by atoms with Gasteiger partial charge in [0.15, 0.2) is 0 Å². The van der Waals surface area contributed by atoms with Crippen molar-refractivity contribution in [1.82, 2.24) is 10.6 Å². The standard InChI is InChI=1S/C23H27N3O3/c1-5-15-29-20-11-9-17(10-12-20)13-14-24-22(28)25-19-8-6-7-18(16-19)21(27)26-23(2,3)4/h1,6-12,16H,13-15H2,2-4H3,(H,26,27)(H2,24,25,28). The highest BCUT2D eigenvalue weighted by atomic mass is 16.5. The summed E-state index contributed by atoms with van der Waals surface area (Å²) in [6, 6.07) is 14.1. The Labute approximate surface area is 172 Å². The minimum atomic E-state index is -0.330. The van der Waals surface area contributed by atoms with Gasteiger partial charge in [0.25, 0.3) is 5.91 Å². The Morgan fingerprint density at radius 1 is 1.10 bits per heavy atom. The number of benzene rings is 2. The number of rotatable bonds is 7. The summed E-state index contributed by atoms with van der Waals surface area (Å²) in [7, 11) is 0. The van der Waals surface area contributed by atoms with Gasteiger partial charge in [0.2, 0.25) is 0 Å². The third kappa shape index (κ3) is 7.97. The van der Waals surface area contributed by atoms with Crippen molar-refractivity contribution in [2.75, 3.05) is 18.5 Å². The Balaban J connectivity index is 1.81. The number of amides is 3. The minimum Gasteiger partial charge on any atom is -0.481 e. The number of hydrogen-bond acceptors (Lipinski definition) is 3. The van der Waals surface area contributed by atoms with Gasteiger partial charge in [-0.25, -0.2) is 4.79 Å². The van der Waals surface area contributed by atoms with Gasteiger partial charge in [-0.1, -0.05) is 24.1 Å². The molecule has 0 aliphatic heterocycles. The van der Waals surface area contributed by atoms with E-state index in [2.05, 4.69) is 21.9 Å². The highest BCUT2D eigenvalue weighted by molar-refractivity contribution is 5.97. The number of terminal acetylenes is 1. The molecule has 2 rings (SSSR count). The third-order valence-corrected chi connectivity index (χ3v) is 3.82. The second kappa shape index (κ2) is 10.2. The van der Waals surface area contributed by atoms with E-state index < -0.39 is 0 Å². The van der Waals surface area contributed by atoms with Crippen LogP contribution in [-0.2, 0) is 6.42 Å². The molecule has 6 heteroatoms. The van der Waals surface area contributed by atoms with Crippen molar-refractivity contribution >= 4 is 17.6 Å². The maximum absolute atomic E-state index is 12.3. The topological polar surface area (TPSA) is 79.5 Å². The number of urea groups is 1. The van der Waals surface area contributed by atoms with E-state index in [0.29, 0.717) is 30.0 Å². The van der Waals surface area contributed by atoms with Crippen LogP contribution < -0.4 is 20.7 Å². The SMILES string of the molecule is C#CCOc1ccc(CCNC(=O)Nc2cccc(C(=O)NC(C)(C)C)c2)cc1. The fourth-order valence-corrected chi connectivity index (χ4v) is 2.52. The summed E-state index contributed by atoms with van der Waals surface area (Å²) in [5, 5.41) is 8.45. The monoisotopic (exact) mass is 393 g/mol. The number of ether oxygens (including phenoxy) is 1. The van der Waals surface area contributed by atoms with Gasteiger partial charge in [0, 0.05) is 23.3 Å². The first-order valence-corrected chi connectivity index (χ1v) is 9.39. The molecule has 0 saturated carbocycles. The fourth-order valence-electron chi connectivity index (χ4n) is 2.52. The van der Waals surface area contributed by atoms with Crippen LogP contribution in [0.4, 0.5) is 10.5 Å². The molecule has 0 heterocycles. The van der Waals surface area contributed by atoms with E-state index in [1.54, 1.807) is 24.3 Å². The first-order valence-electron chi connectivity index (χ1n) is 9.39. The van der Waals surface area contributed by atoms with Crippen LogP contribution in [0, 0.1) is 12.3 Å². The maximum atomic E-state index is 12.3. The smallest absolute Gasteiger partial charge is 0.319 e. The molecule has 0 unspecified atom stereocenters. The number of hydrogen-bond donors (Lipinski definition) is 3. The number of nitrogens with one attached hydrogen (secondary N) is 3. The van der Waals surface area contributed by atoms with Crippen LogP contribution in [0.1, 0.15) is 36.7 Å².